The van der Waals surface area contributed by atoms with Crippen LogP contribution in [0.15, 0.2) is 28.7 Å². The van der Waals surface area contributed by atoms with Crippen molar-refractivity contribution in [2.45, 2.75) is 0 Å². The number of methoxy groups -OCH3 is 1. The molecule has 0 amide bonds. The molecule has 0 aromatic heterocycles. The van der Waals surface area contributed by atoms with Gasteiger partial charge in [0.2, 0.25) is 0 Å². The van der Waals surface area contributed by atoms with E-state index in [1.165, 1.54) is 0 Å². The second kappa shape index (κ2) is 4.78. The first-order valence-electron chi connectivity index (χ1n) is 2.62. The van der Waals surface area contributed by atoms with Gasteiger partial charge in [0.15, 0.2) is 0 Å². The molecule has 0 radical (unpaired) electrons. The Kier molecular flexibility index (Phi) is 4.79. The average Bonchev–Trinajstić information content (AvgIpc) is 1.90. The van der Waals surface area contributed by atoms with Crippen molar-refractivity contribution < 1.29 is 4.74 Å². The molecule has 0 aliphatic heterocycles. The van der Waals surface area contributed by atoms with E-state index < -0.39 is 0 Å². The third-order valence-corrected chi connectivity index (χ3v) is 1.58. The number of benzene rings is 1. The molecule has 0 aliphatic carbocycles. The van der Waals surface area contributed by atoms with E-state index in [4.69, 9.17) is 4.74 Å². The van der Waals surface area contributed by atoms with Gasteiger partial charge in [-0.1, -0.05) is 15.9 Å². The van der Waals surface area contributed by atoms with Gasteiger partial charge in [-0.2, -0.15) is 0 Å². The van der Waals surface area contributed by atoms with Crippen molar-refractivity contribution in [1.82, 2.24) is 0 Å². The van der Waals surface area contributed by atoms with Crippen molar-refractivity contribution in [3.8, 4) is 5.75 Å². The zero-order valence-electron chi connectivity index (χ0n) is 5.60. The van der Waals surface area contributed by atoms with Crippen molar-refractivity contribution in [3.05, 3.63) is 28.7 Å². The first kappa shape index (κ1) is 10.0. The summed E-state index contributed by atoms with van der Waals surface area (Å²) >= 11 is 3.32. The van der Waals surface area contributed by atoms with Gasteiger partial charge in [0, 0.05) is 4.47 Å². The molecule has 0 N–H and O–H groups in total. The van der Waals surface area contributed by atoms with Crippen LogP contribution in [-0.4, -0.2) is 24.2 Å². The minimum atomic E-state index is 0. The molecule has 10 heavy (non-hydrogen) atoms. The monoisotopic (exact) mass is 268 g/mol. The first-order chi connectivity index (χ1) is 4.33. The van der Waals surface area contributed by atoms with Gasteiger partial charge >= 0.3 is 17.1 Å². The van der Waals surface area contributed by atoms with Gasteiger partial charge < -0.3 is 4.74 Å². The first-order valence-corrected chi connectivity index (χ1v) is 3.42. The van der Waals surface area contributed by atoms with Crippen molar-refractivity contribution in [1.29, 1.82) is 0 Å². The topological polar surface area (TPSA) is 9.23 Å². The molecule has 0 heterocycles. The molecule has 0 aliphatic rings. The summed E-state index contributed by atoms with van der Waals surface area (Å²) in [5.74, 6) is 0.887. The normalized spacial score (nSPS) is 8.20. The fraction of sp³-hybridized carbons (Fsp3) is 0.143. The summed E-state index contributed by atoms with van der Waals surface area (Å²) in [5, 5.41) is 0. The van der Waals surface area contributed by atoms with E-state index >= 15 is 0 Å². The standard InChI is InChI=1S/C7H7BrO.H2Se/c1-9-7-4-2-6(8)3-5-7;/h2-5H,1H3;1H2. The van der Waals surface area contributed by atoms with Crippen molar-refractivity contribution >= 4 is 33.0 Å². The molecule has 1 aromatic carbocycles. The van der Waals surface area contributed by atoms with Crippen LogP contribution < -0.4 is 4.74 Å². The molecule has 0 saturated heterocycles. The number of hydrogen-bond acceptors (Lipinski definition) is 1. The molecule has 1 nitrogen and oxygen atoms in total. The summed E-state index contributed by atoms with van der Waals surface area (Å²) in [5.41, 5.74) is 0. The molecular weight excluding hydrogens is 259 g/mol. The van der Waals surface area contributed by atoms with E-state index in [2.05, 4.69) is 15.9 Å². The van der Waals surface area contributed by atoms with E-state index in [0.717, 1.165) is 10.2 Å². The summed E-state index contributed by atoms with van der Waals surface area (Å²) in [6.07, 6.45) is 0. The summed E-state index contributed by atoms with van der Waals surface area (Å²) < 4.78 is 6.02. The van der Waals surface area contributed by atoms with E-state index in [1.54, 1.807) is 7.11 Å². The summed E-state index contributed by atoms with van der Waals surface area (Å²) in [6, 6.07) is 7.70. The Morgan fingerprint density at radius 2 is 1.70 bits per heavy atom. The number of halogens is 1. The fourth-order valence-corrected chi connectivity index (χ4v) is 0.835. The molecule has 0 saturated carbocycles. The zero-order valence-corrected chi connectivity index (χ0v) is 9.28. The van der Waals surface area contributed by atoms with Crippen LogP contribution >= 0.6 is 15.9 Å². The van der Waals surface area contributed by atoms with Crippen molar-refractivity contribution in [3.63, 3.8) is 0 Å². The molecule has 0 fully saturated rings. The van der Waals surface area contributed by atoms with Crippen molar-refractivity contribution in [2.24, 2.45) is 0 Å². The number of hydrogen-bond donors (Lipinski definition) is 0. The Morgan fingerprint density at radius 1 is 1.20 bits per heavy atom. The van der Waals surface area contributed by atoms with Gasteiger partial charge in [0.1, 0.15) is 5.75 Å². The average molecular weight is 268 g/mol. The van der Waals surface area contributed by atoms with E-state index in [9.17, 15) is 0 Å². The van der Waals surface area contributed by atoms with Gasteiger partial charge in [0.05, 0.1) is 7.11 Å². The quantitative estimate of drug-likeness (QED) is 0.702. The second-order valence-electron chi connectivity index (χ2n) is 1.66. The van der Waals surface area contributed by atoms with Crippen LogP contribution in [-0.2, 0) is 0 Å². The molecular formula is C7H9BrOSe. The Labute approximate surface area is 79.4 Å². The summed E-state index contributed by atoms with van der Waals surface area (Å²) in [7, 11) is 1.66. The van der Waals surface area contributed by atoms with Crippen LogP contribution in [0.3, 0.4) is 0 Å². The molecule has 56 valence electrons. The fourth-order valence-electron chi connectivity index (χ4n) is 0.571. The van der Waals surface area contributed by atoms with Crippen LogP contribution in [0.4, 0.5) is 0 Å². The van der Waals surface area contributed by atoms with Gasteiger partial charge in [-0.05, 0) is 24.3 Å². The Balaban J connectivity index is 0.000000810. The molecule has 0 atom stereocenters. The third kappa shape index (κ3) is 2.74. The molecule has 0 bridgehead atoms. The van der Waals surface area contributed by atoms with E-state index in [1.807, 2.05) is 24.3 Å². The molecule has 0 spiro atoms. The molecule has 3 heteroatoms. The maximum atomic E-state index is 4.95. The molecule has 1 rings (SSSR count). The van der Waals surface area contributed by atoms with Crippen LogP contribution in [0.1, 0.15) is 0 Å². The van der Waals surface area contributed by atoms with E-state index in [-0.39, 0.29) is 17.1 Å². The van der Waals surface area contributed by atoms with Gasteiger partial charge in [-0.3, -0.25) is 0 Å². The number of rotatable bonds is 1. The van der Waals surface area contributed by atoms with Crippen LogP contribution in [0.2, 0.25) is 0 Å². The zero-order chi connectivity index (χ0) is 6.69. The maximum absolute atomic E-state index is 4.95. The Morgan fingerprint density at radius 3 is 2.10 bits per heavy atom. The minimum absolute atomic E-state index is 0. The Hall–Kier alpha value is 0.0195. The van der Waals surface area contributed by atoms with Gasteiger partial charge in [-0.25, -0.2) is 0 Å². The predicted molar refractivity (Wildman–Crippen MR) is 49.2 cm³/mol. The van der Waals surface area contributed by atoms with Crippen LogP contribution in [0, 0.1) is 0 Å². The van der Waals surface area contributed by atoms with Crippen LogP contribution in [0.5, 0.6) is 5.75 Å². The van der Waals surface area contributed by atoms with Crippen molar-refractivity contribution in [2.75, 3.05) is 7.11 Å². The van der Waals surface area contributed by atoms with Crippen LogP contribution in [0.25, 0.3) is 0 Å². The summed E-state index contributed by atoms with van der Waals surface area (Å²) in [6.45, 7) is 0. The molecule has 1 aromatic rings. The van der Waals surface area contributed by atoms with E-state index in [0.29, 0.717) is 0 Å². The Bertz CT molecular complexity index is 185. The summed E-state index contributed by atoms with van der Waals surface area (Å²) in [4.78, 5) is 0. The second-order valence-corrected chi connectivity index (χ2v) is 2.57. The SMILES string of the molecule is COc1ccc(Br)cc1.[SeH2]. The predicted octanol–water partition coefficient (Wildman–Crippen LogP) is 1.54. The van der Waals surface area contributed by atoms with Gasteiger partial charge in [-0.15, -0.1) is 0 Å². The number of ether oxygens (including phenoxy) is 1. The van der Waals surface area contributed by atoms with Gasteiger partial charge in [0.25, 0.3) is 0 Å². The third-order valence-electron chi connectivity index (χ3n) is 1.05. The molecule has 0 unspecified atom stereocenters.